The Bertz CT molecular complexity index is 2060. The van der Waals surface area contributed by atoms with Gasteiger partial charge in [-0.1, -0.05) is 58.0 Å². The summed E-state index contributed by atoms with van der Waals surface area (Å²) >= 11 is 0. The molecule has 3 aliphatic rings. The number of alkyl carbamates (subject to hydrolysis) is 1. The number of fused-ring (bicyclic) bond motifs is 3. The van der Waals surface area contributed by atoms with Crippen molar-refractivity contribution in [2.24, 2.45) is 0 Å². The fraction of sp³-hybridized carbons (Fsp3) is 0.410. The summed E-state index contributed by atoms with van der Waals surface area (Å²) in [7, 11) is 4.34. The summed E-state index contributed by atoms with van der Waals surface area (Å²) in [6.07, 6.45) is -7.06. The number of carbonyl (C=O) groups excluding carboxylic acids is 5. The van der Waals surface area contributed by atoms with Crippen molar-refractivity contribution in [3.63, 3.8) is 0 Å². The Labute approximate surface area is 329 Å². The standard InChI is InChI=1S/C39H41NO14S2/c1-18(42)21-9-7-20(8-10-21)17-56-55-12-11-52-38(49)40-24-13-28(53-19(2)33(24)44)54-26-15-39(50,27(43)16-41)14-23-30(26)37(48)32-31(35(23)46)34(45)22-5-4-6-25(51-3)29(22)36(32)47/h4-10,19,24,26,28,33,41,44,46,48,50H,11-17H2,1-3H3,(H,40,49)/t19-,24-,26-,28-,33+,39-/m0/s1. The number of rotatable bonds is 13. The van der Waals surface area contributed by atoms with Crippen molar-refractivity contribution in [1.29, 1.82) is 0 Å². The lowest BCUT2D eigenvalue weighted by molar-refractivity contribution is -0.249. The molecule has 0 bridgehead atoms. The Morgan fingerprint density at radius 2 is 1.71 bits per heavy atom. The predicted octanol–water partition coefficient (Wildman–Crippen LogP) is 3.55. The maximum atomic E-state index is 13.9. The van der Waals surface area contributed by atoms with Crippen LogP contribution in [-0.2, 0) is 31.2 Å². The molecule has 15 nitrogen and oxygen atoms in total. The SMILES string of the molecule is COc1cccc2c1C(=O)c1c(O)c3c(c(O)c1C2=O)C[C@@](O)(C(=O)CO)C[C@@H]3O[C@H]1C[C@H](NC(=O)OCCSSCc2ccc(C(C)=O)cc2)[C@H](O)[C@H](C)O1. The second-order valence-electron chi connectivity index (χ2n) is 13.7. The molecule has 0 spiro atoms. The summed E-state index contributed by atoms with van der Waals surface area (Å²) < 4.78 is 22.7. The van der Waals surface area contributed by atoms with E-state index >= 15 is 0 Å². The molecule has 1 amide bonds. The van der Waals surface area contributed by atoms with E-state index in [9.17, 15) is 49.5 Å². The van der Waals surface area contributed by atoms with Crippen molar-refractivity contribution in [1.82, 2.24) is 5.32 Å². The Hall–Kier alpha value is -4.49. The van der Waals surface area contributed by atoms with Crippen LogP contribution >= 0.6 is 21.6 Å². The molecule has 0 unspecified atom stereocenters. The van der Waals surface area contributed by atoms with Gasteiger partial charge in [-0.2, -0.15) is 0 Å². The minimum Gasteiger partial charge on any atom is -0.507 e. The minimum absolute atomic E-state index is 0.00816. The molecule has 6 atom stereocenters. The summed E-state index contributed by atoms with van der Waals surface area (Å²) in [6, 6.07) is 10.7. The number of phenols is 2. The molecule has 1 saturated heterocycles. The van der Waals surface area contributed by atoms with Gasteiger partial charge in [0.2, 0.25) is 5.78 Å². The number of methoxy groups -OCH3 is 1. The van der Waals surface area contributed by atoms with E-state index in [0.29, 0.717) is 17.1 Å². The number of amides is 1. The number of nitrogens with one attached hydrogen (secondary N) is 1. The van der Waals surface area contributed by atoms with Gasteiger partial charge in [-0.3, -0.25) is 19.2 Å². The molecule has 0 saturated carbocycles. The Morgan fingerprint density at radius 1 is 1.00 bits per heavy atom. The van der Waals surface area contributed by atoms with Crippen LogP contribution in [0.25, 0.3) is 0 Å². The number of ketones is 4. The lowest BCUT2D eigenvalue weighted by Crippen LogP contribution is -2.56. The highest BCUT2D eigenvalue weighted by molar-refractivity contribution is 8.76. The van der Waals surface area contributed by atoms with E-state index in [-0.39, 0.29) is 46.8 Å². The van der Waals surface area contributed by atoms with Gasteiger partial charge < -0.3 is 49.8 Å². The fourth-order valence-corrected chi connectivity index (χ4v) is 9.12. The highest BCUT2D eigenvalue weighted by atomic mass is 33.1. The zero-order valence-electron chi connectivity index (χ0n) is 30.6. The zero-order chi connectivity index (χ0) is 40.5. The van der Waals surface area contributed by atoms with Crippen molar-refractivity contribution in [2.75, 3.05) is 26.1 Å². The first kappa shape index (κ1) is 41.2. The fourth-order valence-electron chi connectivity index (χ4n) is 7.22. The van der Waals surface area contributed by atoms with E-state index in [1.54, 1.807) is 22.9 Å². The molecule has 0 radical (unpaired) electrons. The van der Waals surface area contributed by atoms with Gasteiger partial charge in [0.05, 0.1) is 42.0 Å². The largest absolute Gasteiger partial charge is 0.507 e. The van der Waals surface area contributed by atoms with Crippen LogP contribution in [0, 0.1) is 0 Å². The van der Waals surface area contributed by atoms with Crippen LogP contribution in [0.15, 0.2) is 42.5 Å². The van der Waals surface area contributed by atoms with Crippen molar-refractivity contribution >= 4 is 50.8 Å². The highest BCUT2D eigenvalue weighted by Crippen LogP contribution is 2.52. The molecule has 6 rings (SSSR count). The number of Topliss-reactive ketones (excluding diaryl/α,β-unsaturated/α-hetero) is 2. The smallest absolute Gasteiger partial charge is 0.407 e. The monoisotopic (exact) mass is 811 g/mol. The number of ether oxygens (including phenoxy) is 4. The Morgan fingerprint density at radius 3 is 2.39 bits per heavy atom. The number of aliphatic hydroxyl groups excluding tert-OH is 2. The number of carbonyl (C=O) groups is 5. The van der Waals surface area contributed by atoms with Gasteiger partial charge in [0.25, 0.3) is 0 Å². The number of benzene rings is 3. The van der Waals surface area contributed by atoms with Crippen molar-refractivity contribution < 1.29 is 68.5 Å². The molecule has 17 heteroatoms. The van der Waals surface area contributed by atoms with E-state index in [4.69, 9.17) is 18.9 Å². The normalized spacial score (nSPS) is 24.1. The maximum Gasteiger partial charge on any atom is 0.407 e. The van der Waals surface area contributed by atoms with Crippen LogP contribution in [0.5, 0.6) is 17.2 Å². The molecule has 2 aliphatic carbocycles. The zero-order valence-corrected chi connectivity index (χ0v) is 32.2. The molecule has 1 heterocycles. The number of hydrogen-bond acceptors (Lipinski definition) is 16. The van der Waals surface area contributed by atoms with E-state index in [2.05, 4.69) is 5.32 Å². The van der Waals surface area contributed by atoms with Crippen LogP contribution in [0.2, 0.25) is 0 Å². The second-order valence-corrected chi connectivity index (χ2v) is 16.3. The lowest BCUT2D eigenvalue weighted by Gasteiger charge is -2.42. The first-order valence-corrected chi connectivity index (χ1v) is 20.2. The van der Waals surface area contributed by atoms with Gasteiger partial charge in [0.15, 0.2) is 23.6 Å². The lowest BCUT2D eigenvalue weighted by atomic mass is 9.72. The average Bonchev–Trinajstić information content (AvgIpc) is 3.17. The van der Waals surface area contributed by atoms with Crippen LogP contribution in [0.1, 0.15) is 91.7 Å². The highest BCUT2D eigenvalue weighted by Gasteiger charge is 2.50. The van der Waals surface area contributed by atoms with E-state index in [0.717, 1.165) is 5.56 Å². The molecular formula is C39H41NO14S2. The second kappa shape index (κ2) is 16.9. The van der Waals surface area contributed by atoms with E-state index in [1.165, 1.54) is 50.0 Å². The van der Waals surface area contributed by atoms with Crippen LogP contribution < -0.4 is 10.1 Å². The first-order chi connectivity index (χ1) is 26.7. The quantitative estimate of drug-likeness (QED) is 0.0490. The predicted molar refractivity (Wildman–Crippen MR) is 202 cm³/mol. The Balaban J connectivity index is 1.17. The molecule has 3 aromatic rings. The summed E-state index contributed by atoms with van der Waals surface area (Å²) in [4.78, 5) is 64.8. The third-order valence-electron chi connectivity index (χ3n) is 10.1. The van der Waals surface area contributed by atoms with E-state index < -0.39 is 102 Å². The Kier molecular flexibility index (Phi) is 12.4. The van der Waals surface area contributed by atoms with Crippen LogP contribution in [-0.4, -0.2) is 111 Å². The van der Waals surface area contributed by atoms with Crippen LogP contribution in [0.3, 0.4) is 0 Å². The van der Waals surface area contributed by atoms with Crippen molar-refractivity contribution in [3.8, 4) is 17.2 Å². The molecule has 3 aromatic carbocycles. The van der Waals surface area contributed by atoms with Crippen molar-refractivity contribution in [2.45, 2.75) is 75.1 Å². The first-order valence-electron chi connectivity index (χ1n) is 17.7. The van der Waals surface area contributed by atoms with Gasteiger partial charge in [0, 0.05) is 53.0 Å². The summed E-state index contributed by atoms with van der Waals surface area (Å²) in [6.45, 7) is 2.01. The molecule has 0 aromatic heterocycles. The third-order valence-corrected chi connectivity index (χ3v) is 12.4. The molecule has 1 fully saturated rings. The molecular weight excluding hydrogens is 771 g/mol. The number of aliphatic hydroxyl groups is 3. The van der Waals surface area contributed by atoms with Crippen LogP contribution in [0.4, 0.5) is 4.79 Å². The van der Waals surface area contributed by atoms with Gasteiger partial charge in [-0.25, -0.2) is 4.79 Å². The topological polar surface area (TPSA) is 235 Å². The summed E-state index contributed by atoms with van der Waals surface area (Å²) in [5, 5.41) is 58.1. The molecule has 56 heavy (non-hydrogen) atoms. The van der Waals surface area contributed by atoms with Gasteiger partial charge in [-0.15, -0.1) is 0 Å². The number of hydrogen-bond donors (Lipinski definition) is 6. The van der Waals surface area contributed by atoms with Gasteiger partial charge >= 0.3 is 6.09 Å². The van der Waals surface area contributed by atoms with Gasteiger partial charge in [0.1, 0.15) is 42.2 Å². The minimum atomic E-state index is -2.34. The average molecular weight is 812 g/mol. The van der Waals surface area contributed by atoms with E-state index in [1.807, 2.05) is 12.1 Å². The summed E-state index contributed by atoms with van der Waals surface area (Å²) in [5.74, 6) is -2.94. The number of aromatic hydroxyl groups is 2. The molecule has 298 valence electrons. The van der Waals surface area contributed by atoms with Gasteiger partial charge in [-0.05, 0) is 25.5 Å². The maximum absolute atomic E-state index is 13.9. The molecule has 1 aliphatic heterocycles. The summed E-state index contributed by atoms with van der Waals surface area (Å²) in [5.41, 5.74) is -2.38. The molecule has 6 N–H and O–H groups in total. The third kappa shape index (κ3) is 8.02. The van der Waals surface area contributed by atoms with Crippen molar-refractivity contribution in [3.05, 3.63) is 87.0 Å². The number of phenolic OH excluding ortho intramolecular Hbond substituents is 2.